The van der Waals surface area contributed by atoms with Crippen molar-refractivity contribution in [1.82, 2.24) is 4.98 Å². The third kappa shape index (κ3) is 3.72. The molecule has 0 unspecified atom stereocenters. The van der Waals surface area contributed by atoms with E-state index >= 15 is 0 Å². The van der Waals surface area contributed by atoms with E-state index in [1.165, 1.54) is 15.4 Å². The van der Waals surface area contributed by atoms with Gasteiger partial charge in [0.15, 0.2) is 6.04 Å². The van der Waals surface area contributed by atoms with Gasteiger partial charge in [-0.2, -0.15) is 0 Å². The molecule has 1 atom stereocenters. The van der Waals surface area contributed by atoms with Crippen molar-refractivity contribution in [3.63, 3.8) is 0 Å². The Morgan fingerprint density at radius 2 is 1.63 bits per heavy atom. The lowest BCUT2D eigenvalue weighted by Gasteiger charge is -2.32. The first-order valence-corrected chi connectivity index (χ1v) is 9.86. The molecule has 0 bridgehead atoms. The number of rotatable bonds is 3. The van der Waals surface area contributed by atoms with E-state index in [1.54, 1.807) is 18.2 Å². The van der Waals surface area contributed by atoms with Gasteiger partial charge in [0.25, 0.3) is 5.91 Å². The van der Waals surface area contributed by atoms with Crippen molar-refractivity contribution in [3.8, 4) is 0 Å². The first-order valence-electron chi connectivity index (χ1n) is 9.10. The lowest BCUT2D eigenvalue weighted by atomic mass is 9.89. The fourth-order valence-electron chi connectivity index (χ4n) is 4.20. The highest BCUT2D eigenvalue weighted by atomic mass is 35.5. The second-order valence-electron chi connectivity index (χ2n) is 7.16. The molecule has 1 N–H and O–H groups in total. The molecule has 2 saturated heterocycles. The summed E-state index contributed by atoms with van der Waals surface area (Å²) in [6, 6.07) is 8.60. The van der Waals surface area contributed by atoms with Gasteiger partial charge in [-0.05, 0) is 41.8 Å². The summed E-state index contributed by atoms with van der Waals surface area (Å²) >= 11 is 12.1. The van der Waals surface area contributed by atoms with Gasteiger partial charge in [-0.3, -0.25) is 14.6 Å². The number of imide groups is 1. The van der Waals surface area contributed by atoms with Gasteiger partial charge in [-0.15, -0.1) is 0 Å². The van der Waals surface area contributed by atoms with E-state index in [-0.39, 0.29) is 24.3 Å². The van der Waals surface area contributed by atoms with Gasteiger partial charge in [-0.1, -0.05) is 23.2 Å². The first-order chi connectivity index (χ1) is 13.0. The molecule has 27 heavy (non-hydrogen) atoms. The molecule has 7 heteroatoms. The van der Waals surface area contributed by atoms with E-state index in [0.29, 0.717) is 21.7 Å². The van der Waals surface area contributed by atoms with E-state index in [9.17, 15) is 9.59 Å². The Kier molecular flexibility index (Phi) is 5.17. The fraction of sp³-hybridized carbons (Fsp3) is 0.350. The van der Waals surface area contributed by atoms with Gasteiger partial charge in [-0.25, -0.2) is 4.90 Å². The van der Waals surface area contributed by atoms with Crippen LogP contribution in [0.15, 0.2) is 42.7 Å². The second-order valence-corrected chi connectivity index (χ2v) is 8.04. The molecule has 2 fully saturated rings. The number of nitrogens with zero attached hydrogens (tertiary/aromatic N) is 2. The number of anilines is 1. The molecular weight excluding hydrogens is 385 g/mol. The third-order valence-corrected chi connectivity index (χ3v) is 5.99. The Morgan fingerprint density at radius 1 is 1.00 bits per heavy atom. The lowest BCUT2D eigenvalue weighted by Crippen LogP contribution is -3.17. The van der Waals surface area contributed by atoms with Gasteiger partial charge in [0.05, 0.1) is 25.2 Å². The average Bonchev–Trinajstić information content (AvgIpc) is 2.96. The summed E-state index contributed by atoms with van der Waals surface area (Å²) in [6.07, 6.45) is 5.88. The van der Waals surface area contributed by atoms with E-state index in [0.717, 1.165) is 25.9 Å². The molecule has 0 radical (unpaired) electrons. The number of hydrogen-bond acceptors (Lipinski definition) is 3. The van der Waals surface area contributed by atoms with Crippen LogP contribution in [0.5, 0.6) is 0 Å². The zero-order chi connectivity index (χ0) is 19.0. The van der Waals surface area contributed by atoms with Crippen LogP contribution in [0.1, 0.15) is 30.7 Å². The Labute approximate surface area is 167 Å². The molecule has 0 spiro atoms. The topological polar surface area (TPSA) is 54.7 Å². The van der Waals surface area contributed by atoms with Crippen molar-refractivity contribution in [1.29, 1.82) is 0 Å². The summed E-state index contributed by atoms with van der Waals surface area (Å²) < 4.78 is 0. The van der Waals surface area contributed by atoms with Crippen molar-refractivity contribution < 1.29 is 14.5 Å². The largest absolute Gasteiger partial charge is 0.324 e. The summed E-state index contributed by atoms with van der Waals surface area (Å²) in [6.45, 7) is 1.75. The number of hydrogen-bond donors (Lipinski definition) is 1. The second kappa shape index (κ2) is 7.58. The summed E-state index contributed by atoms with van der Waals surface area (Å²) in [4.78, 5) is 32.0. The van der Waals surface area contributed by atoms with Crippen LogP contribution in [0, 0.1) is 0 Å². The van der Waals surface area contributed by atoms with Gasteiger partial charge in [0, 0.05) is 35.3 Å². The average molecular weight is 405 g/mol. The number of carbonyl (C=O) groups excluding carboxylic acids is 2. The predicted molar refractivity (Wildman–Crippen MR) is 104 cm³/mol. The molecule has 5 nitrogen and oxygen atoms in total. The highest BCUT2D eigenvalue weighted by Crippen LogP contribution is 2.29. The van der Waals surface area contributed by atoms with Crippen LogP contribution in [-0.2, 0) is 9.59 Å². The normalized spacial score (nSPS) is 25.9. The van der Waals surface area contributed by atoms with E-state index in [2.05, 4.69) is 17.1 Å². The zero-order valence-corrected chi connectivity index (χ0v) is 16.2. The minimum atomic E-state index is -0.325. The number of likely N-dealkylation sites (tertiary alicyclic amines) is 1. The van der Waals surface area contributed by atoms with Gasteiger partial charge < -0.3 is 4.90 Å². The molecule has 2 aliphatic rings. The van der Waals surface area contributed by atoms with Gasteiger partial charge >= 0.3 is 0 Å². The molecule has 2 amide bonds. The summed E-state index contributed by atoms with van der Waals surface area (Å²) in [5, 5.41) is 0.819. The van der Waals surface area contributed by atoms with Crippen molar-refractivity contribution in [2.24, 2.45) is 0 Å². The molecule has 1 aromatic carbocycles. The van der Waals surface area contributed by atoms with Crippen LogP contribution in [0.2, 0.25) is 10.0 Å². The van der Waals surface area contributed by atoms with Crippen molar-refractivity contribution in [2.75, 3.05) is 18.0 Å². The number of aromatic nitrogens is 1. The van der Waals surface area contributed by atoms with Crippen LogP contribution < -0.4 is 9.80 Å². The molecular formula is C20H20Cl2N3O2+. The molecule has 1 aromatic heterocycles. The number of quaternary nitrogens is 1. The maximum absolute atomic E-state index is 13.0. The van der Waals surface area contributed by atoms with Crippen LogP contribution in [0.3, 0.4) is 0 Å². The zero-order valence-electron chi connectivity index (χ0n) is 14.7. The summed E-state index contributed by atoms with van der Waals surface area (Å²) in [5.41, 5.74) is 1.75. The molecule has 2 aliphatic heterocycles. The van der Waals surface area contributed by atoms with E-state index < -0.39 is 0 Å². The molecule has 2 aromatic rings. The van der Waals surface area contributed by atoms with Crippen LogP contribution in [0.25, 0.3) is 0 Å². The highest BCUT2D eigenvalue weighted by molar-refractivity contribution is 6.35. The number of carbonyl (C=O) groups is 2. The number of piperidine rings is 1. The van der Waals surface area contributed by atoms with Crippen LogP contribution >= 0.6 is 23.2 Å². The number of benzene rings is 1. The number of pyridine rings is 1. The van der Waals surface area contributed by atoms with Crippen LogP contribution in [0.4, 0.5) is 5.69 Å². The fourth-order valence-corrected chi connectivity index (χ4v) is 4.71. The quantitative estimate of drug-likeness (QED) is 0.799. The number of nitrogens with one attached hydrogen (secondary N) is 1. The lowest BCUT2D eigenvalue weighted by molar-refractivity contribution is -0.920. The maximum Gasteiger partial charge on any atom is 0.292 e. The SMILES string of the molecule is O=C1C[C@@H]([NH+]2CCC(c3ccncc3)CC2)C(=O)N1c1cc(Cl)cc(Cl)c1. The maximum atomic E-state index is 13.0. The number of halogens is 2. The molecule has 140 valence electrons. The summed E-state index contributed by atoms with van der Waals surface area (Å²) in [5.74, 6) is 0.148. The van der Waals surface area contributed by atoms with Crippen molar-refractivity contribution >= 4 is 40.7 Å². The minimum absolute atomic E-state index is 0.157. The number of amides is 2. The molecule has 0 saturated carbocycles. The Balaban J connectivity index is 1.46. The van der Waals surface area contributed by atoms with Gasteiger partial charge in [0.1, 0.15) is 0 Å². The monoisotopic (exact) mass is 404 g/mol. The molecule has 0 aliphatic carbocycles. The molecule has 4 rings (SSSR count). The highest BCUT2D eigenvalue weighted by Gasteiger charge is 2.46. The van der Waals surface area contributed by atoms with Gasteiger partial charge in [0.2, 0.25) is 5.91 Å². The minimum Gasteiger partial charge on any atom is -0.324 e. The molecule has 3 heterocycles. The summed E-state index contributed by atoms with van der Waals surface area (Å²) in [7, 11) is 0. The third-order valence-electron chi connectivity index (χ3n) is 5.55. The van der Waals surface area contributed by atoms with E-state index in [1.807, 2.05) is 12.4 Å². The first kappa shape index (κ1) is 18.4. The van der Waals surface area contributed by atoms with Crippen LogP contribution in [-0.4, -0.2) is 35.9 Å². The Hall–Kier alpha value is -1.95. The van der Waals surface area contributed by atoms with Crippen molar-refractivity contribution in [2.45, 2.75) is 31.2 Å². The predicted octanol–water partition coefficient (Wildman–Crippen LogP) is 2.48. The Morgan fingerprint density at radius 3 is 2.26 bits per heavy atom. The van der Waals surface area contributed by atoms with Crippen molar-refractivity contribution in [3.05, 3.63) is 58.3 Å². The van der Waals surface area contributed by atoms with E-state index in [4.69, 9.17) is 23.2 Å². The Bertz CT molecular complexity index is 847. The standard InChI is InChI=1S/C20H19Cl2N3O2/c21-15-9-16(22)11-17(10-15)25-19(26)12-18(20(25)27)24-7-3-14(4-8-24)13-1-5-23-6-2-13/h1-2,5-6,9-11,14,18H,3-4,7-8,12H2/p+1/t18-/m1/s1. The smallest absolute Gasteiger partial charge is 0.292 e.